The summed E-state index contributed by atoms with van der Waals surface area (Å²) in [6.07, 6.45) is 1.52. The van der Waals surface area contributed by atoms with Crippen LogP contribution >= 0.6 is 0 Å². The second kappa shape index (κ2) is 7.74. The first-order valence-electron chi connectivity index (χ1n) is 5.48. The second-order valence-electron chi connectivity index (χ2n) is 3.57. The molecule has 0 fully saturated rings. The van der Waals surface area contributed by atoms with Crippen LogP contribution in [-0.2, 0) is 9.53 Å². The standard InChI is InChI=1S/C11H20F2O2/c1-3-11(12,13)8-7-10(15-4-2)6-5-9-14/h9-10H,3-8H2,1-2H3. The molecule has 90 valence electrons. The minimum atomic E-state index is -2.60. The number of ether oxygens (including phenoxy) is 1. The fourth-order valence-electron chi connectivity index (χ4n) is 1.35. The molecule has 0 radical (unpaired) electrons. The van der Waals surface area contributed by atoms with Gasteiger partial charge in [0.2, 0.25) is 5.92 Å². The summed E-state index contributed by atoms with van der Waals surface area (Å²) in [5, 5.41) is 0. The lowest BCUT2D eigenvalue weighted by Crippen LogP contribution is -2.20. The highest BCUT2D eigenvalue weighted by Crippen LogP contribution is 2.26. The largest absolute Gasteiger partial charge is 0.378 e. The third-order valence-corrected chi connectivity index (χ3v) is 2.36. The molecular formula is C11H20F2O2. The molecule has 1 unspecified atom stereocenters. The zero-order valence-corrected chi connectivity index (χ0v) is 9.47. The molecule has 0 aliphatic carbocycles. The molecule has 0 aromatic heterocycles. The smallest absolute Gasteiger partial charge is 0.248 e. The summed E-state index contributed by atoms with van der Waals surface area (Å²) >= 11 is 0. The molecule has 0 heterocycles. The first-order chi connectivity index (χ1) is 7.05. The van der Waals surface area contributed by atoms with E-state index >= 15 is 0 Å². The first-order valence-corrected chi connectivity index (χ1v) is 5.48. The SMILES string of the molecule is CCOC(CCC=O)CCC(F)(F)CC. The fraction of sp³-hybridized carbons (Fsp3) is 0.909. The average Bonchev–Trinajstić information content (AvgIpc) is 2.22. The van der Waals surface area contributed by atoms with Crippen LogP contribution in [0.4, 0.5) is 8.78 Å². The molecule has 0 amide bonds. The number of rotatable bonds is 9. The Morgan fingerprint density at radius 1 is 1.33 bits per heavy atom. The van der Waals surface area contributed by atoms with E-state index < -0.39 is 5.92 Å². The monoisotopic (exact) mass is 222 g/mol. The second-order valence-corrected chi connectivity index (χ2v) is 3.57. The minimum Gasteiger partial charge on any atom is -0.378 e. The van der Waals surface area contributed by atoms with Gasteiger partial charge in [0.05, 0.1) is 6.10 Å². The molecule has 15 heavy (non-hydrogen) atoms. The summed E-state index contributed by atoms with van der Waals surface area (Å²) in [5.41, 5.74) is 0. The Hall–Kier alpha value is -0.510. The van der Waals surface area contributed by atoms with E-state index in [1.54, 1.807) is 0 Å². The number of carbonyl (C=O) groups is 1. The van der Waals surface area contributed by atoms with Crippen molar-refractivity contribution in [2.45, 2.75) is 58.0 Å². The summed E-state index contributed by atoms with van der Waals surface area (Å²) < 4.78 is 31.2. The highest BCUT2D eigenvalue weighted by molar-refractivity contribution is 5.49. The molecule has 0 aliphatic rings. The van der Waals surface area contributed by atoms with E-state index in [4.69, 9.17) is 4.74 Å². The third kappa shape index (κ3) is 7.42. The molecule has 0 spiro atoms. The van der Waals surface area contributed by atoms with Gasteiger partial charge in [0.25, 0.3) is 0 Å². The molecule has 0 N–H and O–H groups in total. The summed E-state index contributed by atoms with van der Waals surface area (Å²) in [6.45, 7) is 3.80. The fourth-order valence-corrected chi connectivity index (χ4v) is 1.35. The molecule has 2 nitrogen and oxygen atoms in total. The van der Waals surface area contributed by atoms with E-state index in [9.17, 15) is 13.6 Å². The molecule has 0 saturated carbocycles. The zero-order chi connectivity index (χ0) is 11.7. The van der Waals surface area contributed by atoms with Crippen molar-refractivity contribution in [2.24, 2.45) is 0 Å². The predicted molar refractivity (Wildman–Crippen MR) is 55.2 cm³/mol. The van der Waals surface area contributed by atoms with Crippen LogP contribution in [0.5, 0.6) is 0 Å². The molecule has 1 atom stereocenters. The van der Waals surface area contributed by atoms with Crippen molar-refractivity contribution in [3.05, 3.63) is 0 Å². The first kappa shape index (κ1) is 14.5. The quantitative estimate of drug-likeness (QED) is 0.560. The Kier molecular flexibility index (Phi) is 7.48. The van der Waals surface area contributed by atoms with Crippen molar-refractivity contribution in [1.29, 1.82) is 0 Å². The molecule has 0 saturated heterocycles. The van der Waals surface area contributed by atoms with Crippen molar-refractivity contribution >= 4 is 6.29 Å². The lowest BCUT2D eigenvalue weighted by molar-refractivity contribution is -0.108. The molecule has 0 bridgehead atoms. The molecule has 4 heteroatoms. The lowest BCUT2D eigenvalue weighted by Gasteiger charge is -2.19. The van der Waals surface area contributed by atoms with Gasteiger partial charge in [-0.05, 0) is 19.8 Å². The van der Waals surface area contributed by atoms with Crippen molar-refractivity contribution in [3.63, 3.8) is 0 Å². The maximum absolute atomic E-state index is 13.0. The highest BCUT2D eigenvalue weighted by Gasteiger charge is 2.27. The highest BCUT2D eigenvalue weighted by atomic mass is 19.3. The molecule has 0 aliphatic heterocycles. The van der Waals surface area contributed by atoms with Crippen LogP contribution < -0.4 is 0 Å². The van der Waals surface area contributed by atoms with Gasteiger partial charge in [-0.15, -0.1) is 0 Å². The molecular weight excluding hydrogens is 202 g/mol. The predicted octanol–water partition coefficient (Wildman–Crippen LogP) is 3.20. The normalized spacial score (nSPS) is 13.9. The minimum absolute atomic E-state index is 0.139. The maximum Gasteiger partial charge on any atom is 0.248 e. The zero-order valence-electron chi connectivity index (χ0n) is 9.47. The van der Waals surface area contributed by atoms with E-state index in [2.05, 4.69) is 0 Å². The van der Waals surface area contributed by atoms with Gasteiger partial charge in [0.1, 0.15) is 6.29 Å². The lowest BCUT2D eigenvalue weighted by atomic mass is 10.0. The van der Waals surface area contributed by atoms with Crippen LogP contribution in [0.2, 0.25) is 0 Å². The van der Waals surface area contributed by atoms with Gasteiger partial charge in [0.15, 0.2) is 0 Å². The van der Waals surface area contributed by atoms with Gasteiger partial charge < -0.3 is 9.53 Å². The van der Waals surface area contributed by atoms with Crippen molar-refractivity contribution in [3.8, 4) is 0 Å². The van der Waals surface area contributed by atoms with Crippen LogP contribution in [0.3, 0.4) is 0 Å². The Morgan fingerprint density at radius 2 is 2.00 bits per heavy atom. The average molecular weight is 222 g/mol. The van der Waals surface area contributed by atoms with Crippen LogP contribution in [-0.4, -0.2) is 24.9 Å². The number of carbonyl (C=O) groups excluding carboxylic acids is 1. The van der Waals surface area contributed by atoms with Gasteiger partial charge in [-0.2, -0.15) is 0 Å². The maximum atomic E-state index is 13.0. The summed E-state index contributed by atoms with van der Waals surface area (Å²) in [4.78, 5) is 10.2. The molecule has 0 rings (SSSR count). The molecule has 0 aromatic rings. The molecule has 0 aromatic carbocycles. The van der Waals surface area contributed by atoms with Crippen LogP contribution in [0.1, 0.15) is 46.0 Å². The Morgan fingerprint density at radius 3 is 2.47 bits per heavy atom. The van der Waals surface area contributed by atoms with E-state index in [1.807, 2.05) is 6.92 Å². The van der Waals surface area contributed by atoms with E-state index in [0.717, 1.165) is 6.29 Å². The third-order valence-electron chi connectivity index (χ3n) is 2.36. The Bertz CT molecular complexity index is 172. The van der Waals surface area contributed by atoms with E-state index in [-0.39, 0.29) is 18.9 Å². The van der Waals surface area contributed by atoms with Crippen LogP contribution in [0.25, 0.3) is 0 Å². The van der Waals surface area contributed by atoms with Crippen LogP contribution in [0, 0.1) is 0 Å². The number of aldehydes is 1. The Labute approximate surface area is 90.0 Å². The van der Waals surface area contributed by atoms with Gasteiger partial charge in [0, 0.05) is 25.9 Å². The topological polar surface area (TPSA) is 26.3 Å². The number of hydrogen-bond acceptors (Lipinski definition) is 2. The van der Waals surface area contributed by atoms with Gasteiger partial charge >= 0.3 is 0 Å². The van der Waals surface area contributed by atoms with Crippen molar-refractivity contribution in [2.75, 3.05) is 6.61 Å². The number of hydrogen-bond donors (Lipinski definition) is 0. The number of halogens is 2. The van der Waals surface area contributed by atoms with Gasteiger partial charge in [-0.1, -0.05) is 6.92 Å². The van der Waals surface area contributed by atoms with Gasteiger partial charge in [-0.3, -0.25) is 0 Å². The van der Waals surface area contributed by atoms with E-state index in [1.165, 1.54) is 6.92 Å². The summed E-state index contributed by atoms with van der Waals surface area (Å²) in [6, 6.07) is 0. The van der Waals surface area contributed by atoms with Crippen LogP contribution in [0.15, 0.2) is 0 Å². The van der Waals surface area contributed by atoms with Crippen molar-refractivity contribution in [1.82, 2.24) is 0 Å². The number of alkyl halides is 2. The summed E-state index contributed by atoms with van der Waals surface area (Å²) in [7, 11) is 0. The van der Waals surface area contributed by atoms with E-state index in [0.29, 0.717) is 25.9 Å². The van der Waals surface area contributed by atoms with Crippen molar-refractivity contribution < 1.29 is 18.3 Å². The summed E-state index contributed by atoms with van der Waals surface area (Å²) in [5.74, 6) is -2.60. The Balaban J connectivity index is 3.88. The van der Waals surface area contributed by atoms with Gasteiger partial charge in [-0.25, -0.2) is 8.78 Å².